The maximum absolute atomic E-state index is 12.2. The minimum Gasteiger partial charge on any atom is -0.383 e. The summed E-state index contributed by atoms with van der Waals surface area (Å²) in [6.07, 6.45) is 2.12. The number of hydrogen-bond donors (Lipinski definition) is 2. The summed E-state index contributed by atoms with van der Waals surface area (Å²) in [5.41, 5.74) is 5.57. The highest BCUT2D eigenvalue weighted by Gasteiger charge is 2.38. The molecule has 0 bridgehead atoms. The molecule has 1 fully saturated rings. The quantitative estimate of drug-likeness (QED) is 0.788. The van der Waals surface area contributed by atoms with Gasteiger partial charge in [0.1, 0.15) is 10.7 Å². The summed E-state index contributed by atoms with van der Waals surface area (Å²) < 4.78 is 25.8. The molecule has 7 heteroatoms. The van der Waals surface area contributed by atoms with E-state index in [1.54, 1.807) is 0 Å². The molecule has 6 nitrogen and oxygen atoms in total. The van der Waals surface area contributed by atoms with Gasteiger partial charge in [0.05, 0.1) is 6.20 Å². The summed E-state index contributed by atoms with van der Waals surface area (Å²) in [6, 6.07) is 0. The first-order valence-electron chi connectivity index (χ1n) is 5.12. The van der Waals surface area contributed by atoms with Crippen molar-refractivity contribution in [2.24, 2.45) is 5.41 Å². The van der Waals surface area contributed by atoms with Gasteiger partial charge in [0.15, 0.2) is 0 Å². The number of aromatic nitrogens is 2. The zero-order valence-electron chi connectivity index (χ0n) is 9.40. The average molecular weight is 244 g/mol. The SMILES string of the molecule is CC1(C)CCN(S(=O)(=O)c2cn[nH]c2N)C1. The summed E-state index contributed by atoms with van der Waals surface area (Å²) in [5.74, 6) is 0.102. The Hall–Kier alpha value is -1.08. The zero-order chi connectivity index (χ0) is 12.0. The smallest absolute Gasteiger partial charge is 0.248 e. The van der Waals surface area contributed by atoms with Crippen molar-refractivity contribution in [1.29, 1.82) is 0 Å². The lowest BCUT2D eigenvalue weighted by Gasteiger charge is -2.19. The third kappa shape index (κ3) is 1.80. The van der Waals surface area contributed by atoms with Crippen LogP contribution in [0, 0.1) is 5.41 Å². The predicted octanol–water partition coefficient (Wildman–Crippen LogP) is 0.413. The van der Waals surface area contributed by atoms with Gasteiger partial charge in [0, 0.05) is 13.1 Å². The Morgan fingerprint density at radius 2 is 2.25 bits per heavy atom. The van der Waals surface area contributed by atoms with E-state index in [0.29, 0.717) is 13.1 Å². The van der Waals surface area contributed by atoms with Gasteiger partial charge >= 0.3 is 0 Å². The van der Waals surface area contributed by atoms with Crippen molar-refractivity contribution in [1.82, 2.24) is 14.5 Å². The van der Waals surface area contributed by atoms with Crippen LogP contribution in [-0.4, -0.2) is 36.0 Å². The molecule has 2 heterocycles. The molecule has 16 heavy (non-hydrogen) atoms. The number of nitrogen functional groups attached to an aromatic ring is 1. The molecule has 0 unspecified atom stereocenters. The van der Waals surface area contributed by atoms with Gasteiger partial charge in [-0.2, -0.15) is 9.40 Å². The number of anilines is 1. The average Bonchev–Trinajstić information content (AvgIpc) is 2.72. The highest BCUT2D eigenvalue weighted by atomic mass is 32.2. The van der Waals surface area contributed by atoms with Gasteiger partial charge in [0.2, 0.25) is 10.0 Å². The standard InChI is InChI=1S/C9H16N4O2S/c1-9(2)3-4-13(6-9)16(14,15)7-5-11-12-8(7)10/h5H,3-4,6H2,1-2H3,(H3,10,11,12). The molecule has 0 radical (unpaired) electrons. The van der Waals surface area contributed by atoms with Gasteiger partial charge < -0.3 is 5.73 Å². The molecule has 0 spiro atoms. The summed E-state index contributed by atoms with van der Waals surface area (Å²) in [5, 5.41) is 6.08. The summed E-state index contributed by atoms with van der Waals surface area (Å²) in [7, 11) is -3.48. The molecule has 0 saturated carbocycles. The van der Waals surface area contributed by atoms with Gasteiger partial charge in [-0.25, -0.2) is 8.42 Å². The fourth-order valence-corrected chi connectivity index (χ4v) is 3.54. The van der Waals surface area contributed by atoms with E-state index in [2.05, 4.69) is 24.0 Å². The molecule has 1 aromatic heterocycles. The Labute approximate surface area is 94.9 Å². The molecular formula is C9H16N4O2S. The Balaban J connectivity index is 2.32. The zero-order valence-corrected chi connectivity index (χ0v) is 10.2. The molecule has 0 aromatic carbocycles. The van der Waals surface area contributed by atoms with Gasteiger partial charge in [-0.05, 0) is 11.8 Å². The van der Waals surface area contributed by atoms with E-state index in [1.165, 1.54) is 10.5 Å². The van der Waals surface area contributed by atoms with Crippen LogP contribution in [0.2, 0.25) is 0 Å². The molecule has 1 saturated heterocycles. The molecule has 1 aliphatic rings. The Bertz CT molecular complexity index is 491. The van der Waals surface area contributed by atoms with Crippen molar-refractivity contribution in [3.8, 4) is 0 Å². The summed E-state index contributed by atoms with van der Waals surface area (Å²) in [4.78, 5) is 0.0743. The summed E-state index contributed by atoms with van der Waals surface area (Å²) in [6.45, 7) is 5.18. The number of sulfonamides is 1. The maximum Gasteiger partial charge on any atom is 0.248 e. The van der Waals surface area contributed by atoms with E-state index >= 15 is 0 Å². The fraction of sp³-hybridized carbons (Fsp3) is 0.667. The normalized spacial score (nSPS) is 21.4. The number of nitrogens with two attached hydrogens (primary N) is 1. The number of nitrogens with one attached hydrogen (secondary N) is 1. The second-order valence-corrected chi connectivity index (χ2v) is 6.81. The minimum absolute atomic E-state index is 0.0333. The number of aromatic amines is 1. The third-order valence-corrected chi connectivity index (χ3v) is 4.77. The number of nitrogens with zero attached hydrogens (tertiary/aromatic N) is 2. The van der Waals surface area contributed by atoms with Crippen molar-refractivity contribution in [3.05, 3.63) is 6.20 Å². The van der Waals surface area contributed by atoms with Gasteiger partial charge in [0.25, 0.3) is 0 Å². The molecule has 2 rings (SSSR count). The number of hydrogen-bond acceptors (Lipinski definition) is 4. The number of H-pyrrole nitrogens is 1. The summed E-state index contributed by atoms with van der Waals surface area (Å²) >= 11 is 0. The van der Waals surface area contributed by atoms with Crippen molar-refractivity contribution in [2.75, 3.05) is 18.8 Å². The van der Waals surface area contributed by atoms with Gasteiger partial charge in [-0.3, -0.25) is 5.10 Å². The second-order valence-electron chi connectivity index (χ2n) is 4.90. The van der Waals surface area contributed by atoms with E-state index in [0.717, 1.165) is 6.42 Å². The third-order valence-electron chi connectivity index (χ3n) is 2.89. The van der Waals surface area contributed by atoms with Crippen LogP contribution in [-0.2, 0) is 10.0 Å². The largest absolute Gasteiger partial charge is 0.383 e. The van der Waals surface area contributed by atoms with E-state index < -0.39 is 10.0 Å². The molecule has 0 aliphatic carbocycles. The lowest BCUT2D eigenvalue weighted by Crippen LogP contribution is -2.30. The lowest BCUT2D eigenvalue weighted by molar-refractivity contribution is 0.375. The Kier molecular flexibility index (Phi) is 2.47. The van der Waals surface area contributed by atoms with Crippen LogP contribution < -0.4 is 5.73 Å². The van der Waals surface area contributed by atoms with Crippen LogP contribution in [0.4, 0.5) is 5.82 Å². The number of rotatable bonds is 2. The maximum atomic E-state index is 12.2. The molecule has 1 aromatic rings. The van der Waals surface area contributed by atoms with Crippen molar-refractivity contribution >= 4 is 15.8 Å². The van der Waals surface area contributed by atoms with Crippen LogP contribution in [0.1, 0.15) is 20.3 Å². The lowest BCUT2D eigenvalue weighted by atomic mass is 9.93. The molecule has 0 amide bonds. The highest BCUT2D eigenvalue weighted by molar-refractivity contribution is 7.89. The Morgan fingerprint density at radius 1 is 1.56 bits per heavy atom. The van der Waals surface area contributed by atoms with Crippen LogP contribution in [0.25, 0.3) is 0 Å². The topological polar surface area (TPSA) is 92.1 Å². The molecule has 1 aliphatic heterocycles. The van der Waals surface area contributed by atoms with Crippen LogP contribution in [0.15, 0.2) is 11.1 Å². The Morgan fingerprint density at radius 3 is 2.69 bits per heavy atom. The van der Waals surface area contributed by atoms with Crippen molar-refractivity contribution in [3.63, 3.8) is 0 Å². The molecule has 90 valence electrons. The van der Waals surface area contributed by atoms with Gasteiger partial charge in [-0.15, -0.1) is 0 Å². The first kappa shape index (κ1) is 11.4. The van der Waals surface area contributed by atoms with Crippen molar-refractivity contribution in [2.45, 2.75) is 25.2 Å². The van der Waals surface area contributed by atoms with Gasteiger partial charge in [-0.1, -0.05) is 13.8 Å². The van der Waals surface area contributed by atoms with E-state index in [1.807, 2.05) is 0 Å². The van der Waals surface area contributed by atoms with Crippen molar-refractivity contribution < 1.29 is 8.42 Å². The first-order chi connectivity index (χ1) is 7.33. The van der Waals surface area contributed by atoms with Crippen LogP contribution in [0.5, 0.6) is 0 Å². The highest BCUT2D eigenvalue weighted by Crippen LogP contribution is 2.33. The van der Waals surface area contributed by atoms with Crippen LogP contribution in [0.3, 0.4) is 0 Å². The molecule has 0 atom stereocenters. The van der Waals surface area contributed by atoms with E-state index in [4.69, 9.17) is 5.73 Å². The molecular weight excluding hydrogens is 228 g/mol. The van der Waals surface area contributed by atoms with Crippen LogP contribution >= 0.6 is 0 Å². The monoisotopic (exact) mass is 244 g/mol. The minimum atomic E-state index is -3.48. The van der Waals surface area contributed by atoms with E-state index in [9.17, 15) is 8.42 Å². The van der Waals surface area contributed by atoms with E-state index in [-0.39, 0.29) is 16.1 Å². The first-order valence-corrected chi connectivity index (χ1v) is 6.56. The second kappa shape index (κ2) is 3.46. The fourth-order valence-electron chi connectivity index (χ4n) is 1.90. The molecule has 3 N–H and O–H groups in total. The predicted molar refractivity (Wildman–Crippen MR) is 60.2 cm³/mol.